The molecule has 0 aliphatic carbocycles. The summed E-state index contributed by atoms with van der Waals surface area (Å²) in [6, 6.07) is 4.14. The summed E-state index contributed by atoms with van der Waals surface area (Å²) in [5, 5.41) is 0. The van der Waals surface area contributed by atoms with E-state index in [0.29, 0.717) is 11.0 Å². The number of alkyl halides is 2. The minimum atomic E-state index is -2.89. The first-order valence-electron chi connectivity index (χ1n) is 5.01. The number of H-pyrrole nitrogens is 2. The van der Waals surface area contributed by atoms with Crippen LogP contribution in [0.1, 0.15) is 19.4 Å². The number of fused-ring (bicyclic) bond motifs is 1. The molecule has 5 heteroatoms. The second kappa shape index (κ2) is 3.43. The van der Waals surface area contributed by atoms with Gasteiger partial charge in [-0.15, -0.1) is 0 Å². The molecule has 1 aromatic heterocycles. The molecule has 0 bridgehead atoms. The molecule has 0 spiro atoms. The van der Waals surface area contributed by atoms with Gasteiger partial charge in [-0.1, -0.05) is 19.9 Å². The molecule has 1 aromatic carbocycles. The molecule has 86 valence electrons. The number of imidazole rings is 1. The molecule has 0 atom stereocenters. The Morgan fingerprint density at radius 3 is 2.44 bits per heavy atom. The van der Waals surface area contributed by atoms with Crippen molar-refractivity contribution >= 4 is 11.0 Å². The number of hydrogen-bond donors (Lipinski definition) is 2. The Morgan fingerprint density at radius 2 is 1.81 bits per heavy atom. The summed E-state index contributed by atoms with van der Waals surface area (Å²) in [5.74, 6) is -3.67. The zero-order valence-electron chi connectivity index (χ0n) is 8.97. The zero-order valence-corrected chi connectivity index (χ0v) is 8.97. The quantitative estimate of drug-likeness (QED) is 0.812. The van der Waals surface area contributed by atoms with Gasteiger partial charge < -0.3 is 9.97 Å². The Hall–Kier alpha value is -1.65. The first-order chi connectivity index (χ1) is 7.41. The largest absolute Gasteiger partial charge is 0.323 e. The molecule has 0 aliphatic heterocycles. The molecule has 16 heavy (non-hydrogen) atoms. The maximum absolute atomic E-state index is 13.7. The van der Waals surface area contributed by atoms with Crippen molar-refractivity contribution in [3.05, 3.63) is 34.2 Å². The normalized spacial score (nSPS) is 12.6. The Balaban J connectivity index is 2.58. The smallest absolute Gasteiger partial charge is 0.306 e. The summed E-state index contributed by atoms with van der Waals surface area (Å²) in [4.78, 5) is 16.0. The van der Waals surface area contributed by atoms with Gasteiger partial charge in [-0.05, 0) is 12.1 Å². The van der Waals surface area contributed by atoms with E-state index >= 15 is 0 Å². The van der Waals surface area contributed by atoms with Gasteiger partial charge in [0.1, 0.15) is 0 Å². The number of aromatic amines is 2. The van der Waals surface area contributed by atoms with Crippen LogP contribution in [-0.4, -0.2) is 9.97 Å². The highest BCUT2D eigenvalue weighted by Gasteiger charge is 2.35. The Kier molecular flexibility index (Phi) is 2.33. The minimum absolute atomic E-state index is 0.0785. The number of hydrogen-bond acceptors (Lipinski definition) is 1. The minimum Gasteiger partial charge on any atom is -0.306 e. The van der Waals surface area contributed by atoms with Gasteiger partial charge in [-0.3, -0.25) is 0 Å². The second-order valence-corrected chi connectivity index (χ2v) is 4.12. The van der Waals surface area contributed by atoms with Crippen LogP contribution in [0.2, 0.25) is 0 Å². The van der Waals surface area contributed by atoms with E-state index in [-0.39, 0.29) is 11.3 Å². The van der Waals surface area contributed by atoms with Crippen molar-refractivity contribution in [3.8, 4) is 0 Å². The van der Waals surface area contributed by atoms with Gasteiger partial charge in [0, 0.05) is 11.5 Å². The van der Waals surface area contributed by atoms with E-state index in [0.717, 1.165) is 0 Å². The van der Waals surface area contributed by atoms with Crippen molar-refractivity contribution in [2.75, 3.05) is 0 Å². The van der Waals surface area contributed by atoms with Crippen molar-refractivity contribution in [3.63, 3.8) is 0 Å². The van der Waals surface area contributed by atoms with E-state index in [9.17, 15) is 13.6 Å². The van der Waals surface area contributed by atoms with Crippen LogP contribution in [0.3, 0.4) is 0 Å². The van der Waals surface area contributed by atoms with Crippen LogP contribution in [0.4, 0.5) is 8.78 Å². The number of nitrogens with one attached hydrogen (secondary N) is 2. The summed E-state index contributed by atoms with van der Waals surface area (Å²) in [6.45, 7) is 2.92. The van der Waals surface area contributed by atoms with Crippen molar-refractivity contribution < 1.29 is 8.78 Å². The first-order valence-corrected chi connectivity index (χ1v) is 5.01. The molecule has 0 aliphatic rings. The van der Waals surface area contributed by atoms with Crippen molar-refractivity contribution in [1.82, 2.24) is 9.97 Å². The molecule has 1 heterocycles. The molecular formula is C11H12F2N2O. The number of benzene rings is 1. The van der Waals surface area contributed by atoms with Gasteiger partial charge in [0.05, 0.1) is 11.0 Å². The third-order valence-corrected chi connectivity index (χ3v) is 2.63. The molecule has 0 saturated carbocycles. The average Bonchev–Trinajstić information content (AvgIpc) is 2.56. The van der Waals surface area contributed by atoms with E-state index in [1.807, 2.05) is 0 Å². The number of rotatable bonds is 2. The highest BCUT2D eigenvalue weighted by Crippen LogP contribution is 2.36. The van der Waals surface area contributed by atoms with Gasteiger partial charge in [-0.2, -0.15) is 0 Å². The highest BCUT2D eigenvalue weighted by atomic mass is 19.3. The van der Waals surface area contributed by atoms with E-state index in [2.05, 4.69) is 9.97 Å². The van der Waals surface area contributed by atoms with E-state index in [1.165, 1.54) is 32.0 Å². The monoisotopic (exact) mass is 226 g/mol. The van der Waals surface area contributed by atoms with Crippen LogP contribution in [0, 0.1) is 5.92 Å². The number of aromatic nitrogens is 2. The van der Waals surface area contributed by atoms with Crippen molar-refractivity contribution in [2.45, 2.75) is 19.8 Å². The maximum Gasteiger partial charge on any atom is 0.323 e. The molecular weight excluding hydrogens is 214 g/mol. The molecule has 0 amide bonds. The van der Waals surface area contributed by atoms with E-state index in [4.69, 9.17) is 0 Å². The lowest BCUT2D eigenvalue weighted by molar-refractivity contribution is -0.0512. The van der Waals surface area contributed by atoms with Crippen LogP contribution in [0.15, 0.2) is 23.0 Å². The van der Waals surface area contributed by atoms with Gasteiger partial charge in [-0.25, -0.2) is 13.6 Å². The fourth-order valence-electron chi connectivity index (χ4n) is 1.57. The third kappa shape index (κ3) is 1.62. The van der Waals surface area contributed by atoms with Gasteiger partial charge in [0.15, 0.2) is 0 Å². The lowest BCUT2D eigenvalue weighted by atomic mass is 9.97. The summed E-state index contributed by atoms with van der Waals surface area (Å²) >= 11 is 0. The predicted molar refractivity (Wildman–Crippen MR) is 57.7 cm³/mol. The molecule has 2 N–H and O–H groups in total. The fourth-order valence-corrected chi connectivity index (χ4v) is 1.57. The van der Waals surface area contributed by atoms with Gasteiger partial charge in [0.2, 0.25) is 0 Å². The van der Waals surface area contributed by atoms with Crippen LogP contribution in [0.25, 0.3) is 11.0 Å². The maximum atomic E-state index is 13.7. The Labute approximate surface area is 90.5 Å². The lowest BCUT2D eigenvalue weighted by Crippen LogP contribution is -2.20. The average molecular weight is 226 g/mol. The first kappa shape index (κ1) is 10.9. The molecule has 0 fully saturated rings. The molecule has 0 radical (unpaired) electrons. The fraction of sp³-hybridized carbons (Fsp3) is 0.364. The molecule has 2 rings (SSSR count). The predicted octanol–water partition coefficient (Wildman–Crippen LogP) is 2.60. The lowest BCUT2D eigenvalue weighted by Gasteiger charge is -2.20. The van der Waals surface area contributed by atoms with Crippen LogP contribution in [-0.2, 0) is 5.92 Å². The van der Waals surface area contributed by atoms with Crippen LogP contribution >= 0.6 is 0 Å². The van der Waals surface area contributed by atoms with Crippen LogP contribution < -0.4 is 5.69 Å². The van der Waals surface area contributed by atoms with Crippen molar-refractivity contribution in [2.24, 2.45) is 5.92 Å². The second-order valence-electron chi connectivity index (χ2n) is 4.12. The van der Waals surface area contributed by atoms with Crippen molar-refractivity contribution in [1.29, 1.82) is 0 Å². The summed E-state index contributed by atoms with van der Waals surface area (Å²) < 4.78 is 27.4. The van der Waals surface area contributed by atoms with Gasteiger partial charge >= 0.3 is 5.69 Å². The van der Waals surface area contributed by atoms with Crippen LogP contribution in [0.5, 0.6) is 0 Å². The summed E-state index contributed by atoms with van der Waals surface area (Å²) in [7, 11) is 0. The highest BCUT2D eigenvalue weighted by molar-refractivity contribution is 5.75. The molecule has 2 aromatic rings. The molecule has 3 nitrogen and oxygen atoms in total. The number of halogens is 2. The zero-order chi connectivity index (χ0) is 11.9. The Bertz CT molecular complexity index is 569. The van der Waals surface area contributed by atoms with Gasteiger partial charge in [0.25, 0.3) is 5.92 Å². The molecule has 0 unspecified atom stereocenters. The topological polar surface area (TPSA) is 48.6 Å². The SMILES string of the molecule is CC(C)C(F)(F)c1ccc2[nH]c(=O)[nH]c2c1. The standard InChI is InChI=1S/C11H12F2N2O/c1-6(2)11(12,13)7-3-4-8-9(5-7)15-10(16)14-8/h3-6H,1-2H3,(H2,14,15,16). The summed E-state index contributed by atoms with van der Waals surface area (Å²) in [6.07, 6.45) is 0. The Morgan fingerprint density at radius 1 is 1.19 bits per heavy atom. The van der Waals surface area contributed by atoms with E-state index in [1.54, 1.807) is 0 Å². The third-order valence-electron chi connectivity index (χ3n) is 2.63. The molecule has 0 saturated heterocycles. The van der Waals surface area contributed by atoms with E-state index < -0.39 is 11.8 Å². The summed E-state index contributed by atoms with van der Waals surface area (Å²) in [5.41, 5.74) is 0.474.